The molecule has 0 aliphatic heterocycles. The van der Waals surface area contributed by atoms with Gasteiger partial charge in [-0.1, -0.05) is 30.4 Å². The van der Waals surface area contributed by atoms with Crippen molar-refractivity contribution in [1.29, 1.82) is 0 Å². The van der Waals surface area contributed by atoms with E-state index >= 15 is 0 Å². The normalized spacial score (nSPS) is 30.4. The van der Waals surface area contributed by atoms with Crippen LogP contribution in [-0.4, -0.2) is 13.2 Å². The van der Waals surface area contributed by atoms with Gasteiger partial charge < -0.3 is 10.1 Å². The molecule has 0 aromatic heterocycles. The largest absolute Gasteiger partial charge is 0.496 e. The third kappa shape index (κ3) is 2.49. The molecule has 2 nitrogen and oxygen atoms in total. The second-order valence-corrected chi connectivity index (χ2v) is 6.36. The van der Waals surface area contributed by atoms with Crippen molar-refractivity contribution in [2.45, 2.75) is 38.8 Å². The Hall–Kier alpha value is -1.28. The van der Waals surface area contributed by atoms with Crippen LogP contribution in [0.2, 0.25) is 0 Å². The summed E-state index contributed by atoms with van der Waals surface area (Å²) in [4.78, 5) is 0. The number of ether oxygens (including phenoxy) is 1. The Morgan fingerprint density at radius 2 is 1.95 bits per heavy atom. The topological polar surface area (TPSA) is 21.3 Å². The monoisotopic (exact) mass is 271 g/mol. The van der Waals surface area contributed by atoms with Gasteiger partial charge in [-0.2, -0.15) is 0 Å². The molecule has 5 atom stereocenters. The molecule has 0 radical (unpaired) electrons. The van der Waals surface area contributed by atoms with Gasteiger partial charge >= 0.3 is 0 Å². The Morgan fingerprint density at radius 1 is 1.15 bits per heavy atom. The molecule has 2 heteroatoms. The molecule has 0 spiro atoms. The van der Waals surface area contributed by atoms with Crippen LogP contribution in [0, 0.1) is 17.8 Å². The molecule has 0 heterocycles. The van der Waals surface area contributed by atoms with Gasteiger partial charge in [0.1, 0.15) is 5.75 Å². The van der Waals surface area contributed by atoms with Crippen LogP contribution in [-0.2, 0) is 0 Å². The summed E-state index contributed by atoms with van der Waals surface area (Å²) in [5, 5.41) is 3.78. The highest BCUT2D eigenvalue weighted by Gasteiger charge is 2.38. The van der Waals surface area contributed by atoms with Crippen molar-refractivity contribution in [3.8, 4) is 5.75 Å². The molecular weight excluding hydrogens is 246 g/mol. The number of hydrogen-bond donors (Lipinski definition) is 1. The maximum Gasteiger partial charge on any atom is 0.123 e. The summed E-state index contributed by atoms with van der Waals surface area (Å²) in [7, 11) is 1.75. The fourth-order valence-corrected chi connectivity index (χ4v) is 4.03. The Morgan fingerprint density at radius 3 is 2.60 bits per heavy atom. The molecule has 1 aromatic rings. The summed E-state index contributed by atoms with van der Waals surface area (Å²) in [5.41, 5.74) is 1.25. The molecule has 0 amide bonds. The molecule has 1 saturated carbocycles. The number of rotatable bonds is 5. The van der Waals surface area contributed by atoms with E-state index in [2.05, 4.69) is 43.4 Å². The number of benzene rings is 1. The number of para-hydroxylation sites is 1. The lowest BCUT2D eigenvalue weighted by Crippen LogP contribution is -2.37. The average molecular weight is 271 g/mol. The van der Waals surface area contributed by atoms with E-state index < -0.39 is 0 Å². The predicted molar refractivity (Wildman–Crippen MR) is 82.9 cm³/mol. The minimum atomic E-state index is 0.323. The second-order valence-electron chi connectivity index (χ2n) is 6.36. The Bertz CT molecular complexity index is 496. The lowest BCUT2D eigenvalue weighted by molar-refractivity contribution is 0.303. The van der Waals surface area contributed by atoms with Crippen molar-refractivity contribution in [2.75, 3.05) is 7.11 Å². The van der Waals surface area contributed by atoms with Gasteiger partial charge in [0.15, 0.2) is 0 Å². The number of methoxy groups -OCH3 is 1. The zero-order chi connectivity index (χ0) is 14.1. The van der Waals surface area contributed by atoms with Crippen LogP contribution in [0.5, 0.6) is 5.75 Å². The molecule has 4 unspecified atom stereocenters. The first-order valence-corrected chi connectivity index (χ1v) is 7.76. The molecular formula is C18H25NO. The highest BCUT2D eigenvalue weighted by atomic mass is 16.5. The molecule has 2 bridgehead atoms. The van der Waals surface area contributed by atoms with E-state index in [0.29, 0.717) is 12.1 Å². The minimum absolute atomic E-state index is 0.323. The molecule has 1 aromatic carbocycles. The van der Waals surface area contributed by atoms with Gasteiger partial charge in [0.2, 0.25) is 0 Å². The number of fused-ring (bicyclic) bond motifs is 2. The molecule has 2 aliphatic rings. The van der Waals surface area contributed by atoms with E-state index in [1.807, 2.05) is 12.1 Å². The quantitative estimate of drug-likeness (QED) is 0.819. The van der Waals surface area contributed by atoms with E-state index in [1.54, 1.807) is 7.11 Å². The van der Waals surface area contributed by atoms with Crippen LogP contribution in [0.25, 0.3) is 0 Å². The summed E-state index contributed by atoms with van der Waals surface area (Å²) >= 11 is 0. The molecule has 108 valence electrons. The first-order chi connectivity index (χ1) is 9.69. The summed E-state index contributed by atoms with van der Waals surface area (Å²) in [6.07, 6.45) is 7.58. The molecule has 1 fully saturated rings. The maximum atomic E-state index is 5.47. The fraction of sp³-hybridized carbons (Fsp3) is 0.556. The molecule has 2 aliphatic carbocycles. The minimum Gasteiger partial charge on any atom is -0.496 e. The van der Waals surface area contributed by atoms with E-state index in [4.69, 9.17) is 4.74 Å². The van der Waals surface area contributed by atoms with Gasteiger partial charge in [-0.15, -0.1) is 0 Å². The van der Waals surface area contributed by atoms with Gasteiger partial charge in [0.25, 0.3) is 0 Å². The van der Waals surface area contributed by atoms with Gasteiger partial charge in [0.05, 0.1) is 7.11 Å². The molecule has 0 saturated heterocycles. The number of hydrogen-bond acceptors (Lipinski definition) is 2. The molecule has 1 N–H and O–H groups in total. The van der Waals surface area contributed by atoms with Crippen LogP contribution >= 0.6 is 0 Å². The van der Waals surface area contributed by atoms with Crippen molar-refractivity contribution < 1.29 is 4.74 Å². The second kappa shape index (κ2) is 5.61. The van der Waals surface area contributed by atoms with Crippen molar-refractivity contribution >= 4 is 0 Å². The van der Waals surface area contributed by atoms with Crippen molar-refractivity contribution in [2.24, 2.45) is 17.8 Å². The van der Waals surface area contributed by atoms with Gasteiger partial charge in [-0.25, -0.2) is 0 Å². The zero-order valence-corrected chi connectivity index (χ0v) is 12.7. The third-order valence-corrected chi connectivity index (χ3v) is 5.09. The Kier molecular flexibility index (Phi) is 3.84. The highest BCUT2D eigenvalue weighted by Crippen LogP contribution is 2.45. The van der Waals surface area contributed by atoms with Gasteiger partial charge in [-0.3, -0.25) is 0 Å². The van der Waals surface area contributed by atoms with Gasteiger partial charge in [0, 0.05) is 17.6 Å². The van der Waals surface area contributed by atoms with Crippen molar-refractivity contribution in [1.82, 2.24) is 5.32 Å². The number of nitrogens with one attached hydrogen (secondary N) is 1. The Labute approximate surface area is 122 Å². The van der Waals surface area contributed by atoms with E-state index in [0.717, 1.165) is 23.5 Å². The number of allylic oxidation sites excluding steroid dienone is 2. The third-order valence-electron chi connectivity index (χ3n) is 5.09. The summed E-state index contributed by atoms with van der Waals surface area (Å²) in [5.74, 6) is 3.41. The fourth-order valence-electron chi connectivity index (χ4n) is 4.03. The standard InChI is InChI=1S/C18H25NO/c1-12(16-6-4-5-7-18(16)20-3)19-13(2)17-11-14-8-9-15(17)10-14/h4-9,12-15,17,19H,10-11H2,1-3H3/t12-,13?,14?,15?,17?/m1/s1. The smallest absolute Gasteiger partial charge is 0.123 e. The van der Waals surface area contributed by atoms with Crippen molar-refractivity contribution in [3.05, 3.63) is 42.0 Å². The molecule has 20 heavy (non-hydrogen) atoms. The lowest BCUT2D eigenvalue weighted by Gasteiger charge is -2.29. The van der Waals surface area contributed by atoms with Crippen LogP contribution in [0.1, 0.15) is 38.3 Å². The van der Waals surface area contributed by atoms with E-state index in [9.17, 15) is 0 Å². The first-order valence-electron chi connectivity index (χ1n) is 7.76. The summed E-state index contributed by atoms with van der Waals surface area (Å²) in [6, 6.07) is 9.18. The highest BCUT2D eigenvalue weighted by molar-refractivity contribution is 5.35. The van der Waals surface area contributed by atoms with Crippen LogP contribution in [0.3, 0.4) is 0 Å². The SMILES string of the molecule is COc1ccccc1[C@@H](C)NC(C)C1CC2C=CC1C2. The zero-order valence-electron chi connectivity index (χ0n) is 12.7. The maximum absolute atomic E-state index is 5.47. The average Bonchev–Trinajstić information content (AvgIpc) is 3.09. The van der Waals surface area contributed by atoms with Gasteiger partial charge in [-0.05, 0) is 50.5 Å². The summed E-state index contributed by atoms with van der Waals surface area (Å²) < 4.78 is 5.47. The van der Waals surface area contributed by atoms with Crippen LogP contribution < -0.4 is 10.1 Å². The van der Waals surface area contributed by atoms with Crippen LogP contribution in [0.4, 0.5) is 0 Å². The first kappa shape index (κ1) is 13.7. The van der Waals surface area contributed by atoms with Crippen LogP contribution in [0.15, 0.2) is 36.4 Å². The molecule has 3 rings (SSSR count). The Balaban J connectivity index is 1.66. The van der Waals surface area contributed by atoms with Crippen molar-refractivity contribution in [3.63, 3.8) is 0 Å². The van der Waals surface area contributed by atoms with E-state index in [1.165, 1.54) is 18.4 Å². The summed E-state index contributed by atoms with van der Waals surface area (Å²) in [6.45, 7) is 4.57. The predicted octanol–water partition coefficient (Wildman–Crippen LogP) is 3.95. The lowest BCUT2D eigenvalue weighted by atomic mass is 9.87. The van der Waals surface area contributed by atoms with E-state index in [-0.39, 0.29) is 0 Å².